The fraction of sp³-hybridized carbons (Fsp3) is 0.625. The first-order chi connectivity index (χ1) is 9.76. The summed E-state index contributed by atoms with van der Waals surface area (Å²) in [7, 11) is 4.98. The molecule has 0 amide bonds. The van der Waals surface area contributed by atoms with E-state index in [9.17, 15) is 0 Å². The van der Waals surface area contributed by atoms with Crippen LogP contribution in [-0.2, 0) is 0 Å². The molecule has 0 radical (unpaired) electrons. The lowest BCUT2D eigenvalue weighted by Crippen LogP contribution is -2.24. The SMILES string of the molecule is CCCNC(c1ccc(OC)c(OC)c1OC)C1CC1. The molecule has 1 aliphatic rings. The summed E-state index contributed by atoms with van der Waals surface area (Å²) in [5, 5.41) is 3.63. The Bertz CT molecular complexity index is 444. The third-order valence-corrected chi connectivity index (χ3v) is 3.78. The average molecular weight is 279 g/mol. The average Bonchev–Trinajstić information content (AvgIpc) is 3.31. The van der Waals surface area contributed by atoms with Gasteiger partial charge in [0.25, 0.3) is 0 Å². The number of rotatable bonds is 8. The maximum atomic E-state index is 5.60. The van der Waals surface area contributed by atoms with E-state index in [1.165, 1.54) is 18.4 Å². The maximum Gasteiger partial charge on any atom is 0.203 e. The summed E-state index contributed by atoms with van der Waals surface area (Å²) in [5.41, 5.74) is 1.17. The fourth-order valence-electron chi connectivity index (χ4n) is 2.63. The molecule has 20 heavy (non-hydrogen) atoms. The minimum absolute atomic E-state index is 0.338. The van der Waals surface area contributed by atoms with Crippen LogP contribution in [0.4, 0.5) is 0 Å². The standard InChI is InChI=1S/C16H25NO3/c1-5-10-17-14(11-6-7-11)12-8-9-13(18-2)16(20-4)15(12)19-3/h8-9,11,14,17H,5-7,10H2,1-4H3. The van der Waals surface area contributed by atoms with Gasteiger partial charge in [0.05, 0.1) is 21.3 Å². The zero-order valence-electron chi connectivity index (χ0n) is 12.9. The number of benzene rings is 1. The molecule has 0 bridgehead atoms. The van der Waals surface area contributed by atoms with Gasteiger partial charge >= 0.3 is 0 Å². The van der Waals surface area contributed by atoms with Crippen molar-refractivity contribution in [3.8, 4) is 17.2 Å². The lowest BCUT2D eigenvalue weighted by Gasteiger charge is -2.23. The molecule has 0 saturated heterocycles. The van der Waals surface area contributed by atoms with Crippen LogP contribution in [-0.4, -0.2) is 27.9 Å². The molecule has 4 heteroatoms. The lowest BCUT2D eigenvalue weighted by molar-refractivity contribution is 0.317. The van der Waals surface area contributed by atoms with E-state index >= 15 is 0 Å². The van der Waals surface area contributed by atoms with Crippen molar-refractivity contribution in [1.29, 1.82) is 0 Å². The van der Waals surface area contributed by atoms with Gasteiger partial charge in [0.2, 0.25) is 5.75 Å². The summed E-state index contributed by atoms with van der Waals surface area (Å²) in [6.45, 7) is 3.20. The van der Waals surface area contributed by atoms with Gasteiger partial charge in [-0.1, -0.05) is 6.92 Å². The van der Waals surface area contributed by atoms with Crippen LogP contribution in [0, 0.1) is 5.92 Å². The molecule has 4 nitrogen and oxygen atoms in total. The number of methoxy groups -OCH3 is 3. The van der Waals surface area contributed by atoms with E-state index < -0.39 is 0 Å². The number of hydrogen-bond acceptors (Lipinski definition) is 4. The Morgan fingerprint density at radius 1 is 1.10 bits per heavy atom. The van der Waals surface area contributed by atoms with Crippen LogP contribution < -0.4 is 19.5 Å². The Balaban J connectivity index is 2.37. The highest BCUT2D eigenvalue weighted by molar-refractivity contribution is 5.57. The predicted octanol–water partition coefficient (Wildman–Crippen LogP) is 3.16. The van der Waals surface area contributed by atoms with E-state index in [1.807, 2.05) is 6.07 Å². The van der Waals surface area contributed by atoms with Gasteiger partial charge in [-0.2, -0.15) is 0 Å². The van der Waals surface area contributed by atoms with Crippen LogP contribution in [0.25, 0.3) is 0 Å². The van der Waals surface area contributed by atoms with Crippen LogP contribution in [0.1, 0.15) is 37.8 Å². The molecule has 1 unspecified atom stereocenters. The summed E-state index contributed by atoms with van der Waals surface area (Å²) in [4.78, 5) is 0. The molecule has 1 saturated carbocycles. The molecule has 1 fully saturated rings. The first-order valence-corrected chi connectivity index (χ1v) is 7.29. The molecule has 0 heterocycles. The first kappa shape index (κ1) is 15.0. The van der Waals surface area contributed by atoms with Crippen LogP contribution in [0.5, 0.6) is 17.2 Å². The number of hydrogen-bond donors (Lipinski definition) is 1. The topological polar surface area (TPSA) is 39.7 Å². The van der Waals surface area contributed by atoms with Gasteiger partial charge in [-0.25, -0.2) is 0 Å². The molecule has 1 aromatic rings. The summed E-state index contributed by atoms with van der Waals surface area (Å²) in [6, 6.07) is 4.38. The van der Waals surface area contributed by atoms with Crippen molar-refractivity contribution in [1.82, 2.24) is 5.32 Å². The highest BCUT2D eigenvalue weighted by Gasteiger charge is 2.34. The second-order valence-corrected chi connectivity index (χ2v) is 5.19. The van der Waals surface area contributed by atoms with Crippen LogP contribution >= 0.6 is 0 Å². The Morgan fingerprint density at radius 2 is 1.80 bits per heavy atom. The molecule has 2 rings (SSSR count). The Morgan fingerprint density at radius 3 is 2.30 bits per heavy atom. The van der Waals surface area contributed by atoms with Crippen molar-refractivity contribution in [2.75, 3.05) is 27.9 Å². The van der Waals surface area contributed by atoms with Crippen molar-refractivity contribution < 1.29 is 14.2 Å². The maximum absolute atomic E-state index is 5.60. The monoisotopic (exact) mass is 279 g/mol. The molecule has 1 aliphatic carbocycles. The van der Waals surface area contributed by atoms with Crippen LogP contribution in [0.15, 0.2) is 12.1 Å². The van der Waals surface area contributed by atoms with Gasteiger partial charge in [-0.05, 0) is 43.9 Å². The Labute approximate surface area is 121 Å². The largest absolute Gasteiger partial charge is 0.493 e. The minimum atomic E-state index is 0.338. The van der Waals surface area contributed by atoms with E-state index in [2.05, 4.69) is 18.3 Å². The fourth-order valence-corrected chi connectivity index (χ4v) is 2.63. The van der Waals surface area contributed by atoms with E-state index in [0.717, 1.165) is 18.7 Å². The van der Waals surface area contributed by atoms with Crippen LogP contribution in [0.2, 0.25) is 0 Å². The van der Waals surface area contributed by atoms with Crippen molar-refractivity contribution >= 4 is 0 Å². The molecular weight excluding hydrogens is 254 g/mol. The highest BCUT2D eigenvalue weighted by atomic mass is 16.5. The zero-order chi connectivity index (χ0) is 14.5. The molecule has 1 atom stereocenters. The summed E-state index contributed by atoms with van der Waals surface area (Å²) >= 11 is 0. The third kappa shape index (κ3) is 3.01. The molecular formula is C16H25NO3. The van der Waals surface area contributed by atoms with Crippen molar-refractivity contribution in [3.63, 3.8) is 0 Å². The molecule has 0 aliphatic heterocycles. The summed E-state index contributed by atoms with van der Waals surface area (Å²) in [6.07, 6.45) is 3.68. The molecule has 0 aromatic heterocycles. The van der Waals surface area contributed by atoms with Crippen molar-refractivity contribution in [3.05, 3.63) is 17.7 Å². The van der Waals surface area contributed by atoms with Crippen molar-refractivity contribution in [2.24, 2.45) is 5.92 Å². The molecule has 0 spiro atoms. The quantitative estimate of drug-likeness (QED) is 0.793. The van der Waals surface area contributed by atoms with E-state index in [0.29, 0.717) is 23.5 Å². The van der Waals surface area contributed by atoms with E-state index in [4.69, 9.17) is 14.2 Å². The second-order valence-electron chi connectivity index (χ2n) is 5.19. The van der Waals surface area contributed by atoms with Gasteiger partial charge in [-0.15, -0.1) is 0 Å². The zero-order valence-corrected chi connectivity index (χ0v) is 12.9. The summed E-state index contributed by atoms with van der Waals surface area (Å²) < 4.78 is 16.4. The number of nitrogens with one attached hydrogen (secondary N) is 1. The molecule has 1 aromatic carbocycles. The third-order valence-electron chi connectivity index (χ3n) is 3.78. The number of ether oxygens (including phenoxy) is 3. The van der Waals surface area contributed by atoms with Gasteiger partial charge < -0.3 is 19.5 Å². The van der Waals surface area contributed by atoms with Gasteiger partial charge in [0.15, 0.2) is 11.5 Å². The molecule has 112 valence electrons. The first-order valence-electron chi connectivity index (χ1n) is 7.29. The Hall–Kier alpha value is -1.42. The minimum Gasteiger partial charge on any atom is -0.493 e. The summed E-state index contributed by atoms with van der Waals surface area (Å²) in [5.74, 6) is 2.87. The van der Waals surface area contributed by atoms with E-state index in [1.54, 1.807) is 21.3 Å². The normalized spacial score (nSPS) is 15.8. The lowest BCUT2D eigenvalue weighted by atomic mass is 10.00. The second kappa shape index (κ2) is 6.84. The van der Waals surface area contributed by atoms with Gasteiger partial charge in [0, 0.05) is 11.6 Å². The smallest absolute Gasteiger partial charge is 0.203 e. The highest BCUT2D eigenvalue weighted by Crippen LogP contribution is 2.48. The predicted molar refractivity (Wildman–Crippen MR) is 79.9 cm³/mol. The van der Waals surface area contributed by atoms with E-state index in [-0.39, 0.29) is 0 Å². The molecule has 1 N–H and O–H groups in total. The van der Waals surface area contributed by atoms with Gasteiger partial charge in [0.1, 0.15) is 0 Å². The van der Waals surface area contributed by atoms with Gasteiger partial charge in [-0.3, -0.25) is 0 Å². The Kier molecular flexibility index (Phi) is 5.12. The van der Waals surface area contributed by atoms with Crippen LogP contribution in [0.3, 0.4) is 0 Å². The van der Waals surface area contributed by atoms with Crippen molar-refractivity contribution in [2.45, 2.75) is 32.2 Å².